The van der Waals surface area contributed by atoms with Gasteiger partial charge < -0.3 is 20.1 Å². The van der Waals surface area contributed by atoms with Crippen molar-refractivity contribution in [2.24, 2.45) is 0 Å². The van der Waals surface area contributed by atoms with E-state index in [1.807, 2.05) is 0 Å². The van der Waals surface area contributed by atoms with E-state index < -0.39 is 12.1 Å². The van der Waals surface area contributed by atoms with Crippen LogP contribution in [-0.4, -0.2) is 38.8 Å². The van der Waals surface area contributed by atoms with E-state index in [-0.39, 0.29) is 12.4 Å². The lowest BCUT2D eigenvalue weighted by Crippen LogP contribution is -2.11. The van der Waals surface area contributed by atoms with Gasteiger partial charge in [-0.3, -0.25) is 10.1 Å². The van der Waals surface area contributed by atoms with Gasteiger partial charge >= 0.3 is 12.1 Å². The van der Waals surface area contributed by atoms with Gasteiger partial charge in [0.2, 0.25) is 0 Å². The molecule has 2 heterocycles. The highest BCUT2D eigenvalue weighted by molar-refractivity contribution is 6.12. The molecule has 0 atom stereocenters. The number of methoxy groups -OCH3 is 1. The fraction of sp³-hybridized carbons (Fsp3) is 0.143. The zero-order chi connectivity index (χ0) is 16.6. The minimum absolute atomic E-state index is 0.236. The van der Waals surface area contributed by atoms with Crippen molar-refractivity contribution >= 4 is 45.5 Å². The van der Waals surface area contributed by atoms with Gasteiger partial charge in [0.15, 0.2) is 0 Å². The molecule has 0 saturated carbocycles. The molecule has 0 radical (unpaired) electrons. The Morgan fingerprint density at radius 1 is 1.39 bits per heavy atom. The number of nitrogen functional groups attached to an aromatic ring is 1. The summed E-state index contributed by atoms with van der Waals surface area (Å²) in [7, 11) is 1.26. The van der Waals surface area contributed by atoms with Crippen molar-refractivity contribution in [3.63, 3.8) is 0 Å². The van der Waals surface area contributed by atoms with Gasteiger partial charge in [0.05, 0.1) is 18.0 Å². The fourth-order valence-corrected chi connectivity index (χ4v) is 2.48. The van der Waals surface area contributed by atoms with E-state index in [2.05, 4.69) is 20.0 Å². The lowest BCUT2D eigenvalue weighted by atomic mass is 10.2. The first-order chi connectivity index (χ1) is 11.0. The molecule has 118 valence electrons. The highest BCUT2D eigenvalue weighted by Crippen LogP contribution is 2.32. The highest BCUT2D eigenvalue weighted by Gasteiger charge is 2.17. The molecular weight excluding hydrogens is 302 g/mol. The third kappa shape index (κ3) is 2.48. The summed E-state index contributed by atoms with van der Waals surface area (Å²) in [4.78, 5) is 30.5. The highest BCUT2D eigenvalue weighted by atomic mass is 16.5. The third-order valence-corrected chi connectivity index (χ3v) is 3.39. The predicted molar refractivity (Wildman–Crippen MR) is 83.1 cm³/mol. The molecule has 0 saturated heterocycles. The zero-order valence-electron chi connectivity index (χ0n) is 12.1. The summed E-state index contributed by atoms with van der Waals surface area (Å²) in [5.74, 6) is -0.767. The standard InChI is InChI=1S/C14H13N5O4/c1-23-14(22)18-7-2-3-9-8(4-7)11-12(15)16-6-17-13(11)19(9)5-10(20)21/h2-4,6H,5H2,1H3,(H,18,22)(H,20,21)(H2,15,16,17). The van der Waals surface area contributed by atoms with Gasteiger partial charge in [0.1, 0.15) is 24.3 Å². The lowest BCUT2D eigenvalue weighted by Gasteiger charge is -2.05. The molecule has 0 aliphatic carbocycles. The van der Waals surface area contributed by atoms with Crippen LogP contribution in [0.1, 0.15) is 0 Å². The number of carboxylic acids is 1. The summed E-state index contributed by atoms with van der Waals surface area (Å²) in [6.45, 7) is -0.264. The molecule has 0 aliphatic heterocycles. The number of hydrogen-bond acceptors (Lipinski definition) is 6. The molecule has 1 amide bonds. The van der Waals surface area contributed by atoms with Crippen LogP contribution in [0.15, 0.2) is 24.5 Å². The van der Waals surface area contributed by atoms with Crippen LogP contribution in [0.5, 0.6) is 0 Å². The first-order valence-corrected chi connectivity index (χ1v) is 6.60. The molecule has 0 bridgehead atoms. The quantitative estimate of drug-likeness (QED) is 0.666. The first kappa shape index (κ1) is 14.6. The molecule has 2 aromatic heterocycles. The average Bonchev–Trinajstić information content (AvgIpc) is 2.81. The molecule has 4 N–H and O–H groups in total. The Morgan fingerprint density at radius 2 is 2.17 bits per heavy atom. The molecular formula is C14H13N5O4. The van der Waals surface area contributed by atoms with E-state index in [1.54, 1.807) is 18.2 Å². The SMILES string of the molecule is COC(=O)Nc1ccc2c(c1)c1c(N)ncnc1n2CC(=O)O. The van der Waals surface area contributed by atoms with Gasteiger partial charge in [-0.2, -0.15) is 0 Å². The number of nitrogens with one attached hydrogen (secondary N) is 1. The number of aromatic nitrogens is 3. The molecule has 0 unspecified atom stereocenters. The van der Waals surface area contributed by atoms with E-state index in [1.165, 1.54) is 18.0 Å². The Labute approximate surface area is 129 Å². The van der Waals surface area contributed by atoms with Crippen molar-refractivity contribution in [1.82, 2.24) is 14.5 Å². The Hall–Kier alpha value is -3.36. The summed E-state index contributed by atoms with van der Waals surface area (Å²) in [6.07, 6.45) is 0.672. The molecule has 0 fully saturated rings. The number of nitrogens with zero attached hydrogens (tertiary/aromatic N) is 3. The molecule has 3 aromatic rings. The lowest BCUT2D eigenvalue weighted by molar-refractivity contribution is -0.137. The van der Waals surface area contributed by atoms with Crippen LogP contribution < -0.4 is 11.1 Å². The smallest absolute Gasteiger partial charge is 0.411 e. The van der Waals surface area contributed by atoms with Crippen molar-refractivity contribution in [2.75, 3.05) is 18.2 Å². The number of rotatable bonds is 3. The number of amides is 1. The number of aliphatic carboxylic acids is 1. The van der Waals surface area contributed by atoms with Crippen LogP contribution in [0.3, 0.4) is 0 Å². The van der Waals surface area contributed by atoms with Crippen molar-refractivity contribution in [3.8, 4) is 0 Å². The van der Waals surface area contributed by atoms with Crippen molar-refractivity contribution in [2.45, 2.75) is 6.54 Å². The Morgan fingerprint density at radius 3 is 2.87 bits per heavy atom. The van der Waals surface area contributed by atoms with E-state index in [0.29, 0.717) is 27.6 Å². The minimum atomic E-state index is -1.00. The molecule has 1 aromatic carbocycles. The normalized spacial score (nSPS) is 10.8. The van der Waals surface area contributed by atoms with Crippen LogP contribution in [0.25, 0.3) is 21.9 Å². The molecule has 3 rings (SSSR count). The maximum Gasteiger partial charge on any atom is 0.411 e. The topological polar surface area (TPSA) is 132 Å². The molecule has 23 heavy (non-hydrogen) atoms. The van der Waals surface area contributed by atoms with Crippen LogP contribution in [-0.2, 0) is 16.1 Å². The van der Waals surface area contributed by atoms with E-state index in [0.717, 1.165) is 0 Å². The average molecular weight is 315 g/mol. The molecule has 9 nitrogen and oxygen atoms in total. The van der Waals surface area contributed by atoms with Crippen molar-refractivity contribution in [1.29, 1.82) is 0 Å². The maximum absolute atomic E-state index is 11.3. The zero-order valence-corrected chi connectivity index (χ0v) is 12.1. The second-order valence-corrected chi connectivity index (χ2v) is 4.79. The van der Waals surface area contributed by atoms with Crippen LogP contribution in [0.4, 0.5) is 16.3 Å². The number of nitrogens with two attached hydrogens (primary N) is 1. The van der Waals surface area contributed by atoms with Crippen LogP contribution in [0, 0.1) is 0 Å². The number of benzene rings is 1. The van der Waals surface area contributed by atoms with Gasteiger partial charge in [-0.25, -0.2) is 14.8 Å². The van der Waals surface area contributed by atoms with Crippen molar-refractivity contribution < 1.29 is 19.4 Å². The number of carbonyl (C=O) groups is 2. The largest absolute Gasteiger partial charge is 0.480 e. The first-order valence-electron chi connectivity index (χ1n) is 6.60. The molecule has 0 aliphatic rings. The Balaban J connectivity index is 2.28. The Bertz CT molecular complexity index is 934. The van der Waals surface area contributed by atoms with Crippen LogP contribution >= 0.6 is 0 Å². The van der Waals surface area contributed by atoms with Gasteiger partial charge in [0.25, 0.3) is 0 Å². The number of anilines is 2. The Kier molecular flexibility index (Phi) is 3.45. The van der Waals surface area contributed by atoms with Gasteiger partial charge in [-0.05, 0) is 18.2 Å². The predicted octanol–water partition coefficient (Wildman–Crippen LogP) is 1.43. The summed E-state index contributed by atoms with van der Waals surface area (Å²) in [6, 6.07) is 5.00. The number of fused-ring (bicyclic) bond motifs is 3. The van der Waals surface area contributed by atoms with Crippen molar-refractivity contribution in [3.05, 3.63) is 24.5 Å². The number of ether oxygens (including phenoxy) is 1. The number of hydrogen-bond donors (Lipinski definition) is 3. The summed E-state index contributed by atoms with van der Waals surface area (Å²) < 4.78 is 6.09. The summed E-state index contributed by atoms with van der Waals surface area (Å²) in [5, 5.41) is 12.8. The van der Waals surface area contributed by atoms with Gasteiger partial charge in [0, 0.05) is 11.1 Å². The minimum Gasteiger partial charge on any atom is -0.480 e. The van der Waals surface area contributed by atoms with E-state index in [4.69, 9.17) is 10.8 Å². The number of carboxylic acid groups (broad SMARTS) is 1. The van der Waals surface area contributed by atoms with Gasteiger partial charge in [-0.1, -0.05) is 0 Å². The van der Waals surface area contributed by atoms with Gasteiger partial charge in [-0.15, -0.1) is 0 Å². The number of carbonyl (C=O) groups excluding carboxylic acids is 1. The monoisotopic (exact) mass is 315 g/mol. The van der Waals surface area contributed by atoms with E-state index >= 15 is 0 Å². The summed E-state index contributed by atoms with van der Waals surface area (Å²) >= 11 is 0. The molecule has 9 heteroatoms. The van der Waals surface area contributed by atoms with Crippen LogP contribution in [0.2, 0.25) is 0 Å². The van der Waals surface area contributed by atoms with E-state index in [9.17, 15) is 9.59 Å². The summed E-state index contributed by atoms with van der Waals surface area (Å²) in [5.41, 5.74) is 7.46. The maximum atomic E-state index is 11.3. The second-order valence-electron chi connectivity index (χ2n) is 4.79. The molecule has 0 spiro atoms. The third-order valence-electron chi connectivity index (χ3n) is 3.39. The second kappa shape index (κ2) is 5.44. The fourth-order valence-electron chi connectivity index (χ4n) is 2.48.